The maximum Gasteiger partial charge on any atom is 0.126 e. The van der Waals surface area contributed by atoms with Crippen LogP contribution in [0.4, 0.5) is 4.39 Å². The summed E-state index contributed by atoms with van der Waals surface area (Å²) in [5.41, 5.74) is 4.60. The fourth-order valence-corrected chi connectivity index (χ4v) is 2.05. The average molecular weight is 304 g/mol. The second kappa shape index (κ2) is 5.04. The number of aliphatic hydroxyl groups is 1. The summed E-state index contributed by atoms with van der Waals surface area (Å²) in [6, 6.07) is 4.71. The Labute approximate surface area is 110 Å². The molecule has 0 aliphatic carbocycles. The van der Waals surface area contributed by atoms with E-state index in [1.807, 2.05) is 20.8 Å². The van der Waals surface area contributed by atoms with Crippen molar-refractivity contribution >= 4 is 15.9 Å². The maximum atomic E-state index is 13.7. The molecule has 3 N–H and O–H groups in total. The van der Waals surface area contributed by atoms with Crippen LogP contribution in [0.1, 0.15) is 26.3 Å². The quantitative estimate of drug-likeness (QED) is 0.902. The molecular weight excluding hydrogens is 285 g/mol. The second-order valence-corrected chi connectivity index (χ2v) is 6.31. The van der Waals surface area contributed by atoms with Gasteiger partial charge in [-0.2, -0.15) is 0 Å². The van der Waals surface area contributed by atoms with Crippen molar-refractivity contribution in [3.63, 3.8) is 0 Å². The van der Waals surface area contributed by atoms with E-state index in [1.165, 1.54) is 6.07 Å². The summed E-state index contributed by atoms with van der Waals surface area (Å²) in [7, 11) is 0. The summed E-state index contributed by atoms with van der Waals surface area (Å²) in [5, 5.41) is 10.5. The van der Waals surface area contributed by atoms with Crippen molar-refractivity contribution in [3.8, 4) is 0 Å². The highest BCUT2D eigenvalue weighted by Gasteiger charge is 2.39. The molecule has 0 saturated heterocycles. The van der Waals surface area contributed by atoms with E-state index in [2.05, 4.69) is 15.9 Å². The van der Waals surface area contributed by atoms with Crippen molar-refractivity contribution in [2.75, 3.05) is 6.54 Å². The first kappa shape index (κ1) is 14.6. The molecule has 0 bridgehead atoms. The van der Waals surface area contributed by atoms with Gasteiger partial charge in [-0.25, -0.2) is 4.39 Å². The third-order valence-corrected chi connectivity index (χ3v) is 3.72. The minimum Gasteiger partial charge on any atom is -0.388 e. The lowest BCUT2D eigenvalue weighted by atomic mass is 9.73. The molecule has 96 valence electrons. The fourth-order valence-electron chi connectivity index (χ4n) is 1.64. The van der Waals surface area contributed by atoms with Crippen molar-refractivity contribution < 1.29 is 9.50 Å². The third-order valence-electron chi connectivity index (χ3n) is 3.22. The van der Waals surface area contributed by atoms with Crippen LogP contribution in [0, 0.1) is 11.2 Å². The van der Waals surface area contributed by atoms with Crippen LogP contribution in [-0.2, 0) is 6.42 Å². The molecular formula is C13H19BrFNO. The lowest BCUT2D eigenvalue weighted by Crippen LogP contribution is -2.51. The first-order chi connectivity index (χ1) is 7.69. The van der Waals surface area contributed by atoms with E-state index in [1.54, 1.807) is 12.1 Å². The molecule has 0 aliphatic rings. The number of halogens is 2. The van der Waals surface area contributed by atoms with Gasteiger partial charge in [0.25, 0.3) is 0 Å². The lowest BCUT2D eigenvalue weighted by molar-refractivity contribution is -0.0496. The van der Waals surface area contributed by atoms with Gasteiger partial charge in [0.2, 0.25) is 0 Å². The first-order valence-corrected chi connectivity index (χ1v) is 6.35. The SMILES string of the molecule is CC(C)(C)C(O)(CN)Cc1cc(Br)ccc1F. The number of benzene rings is 1. The molecule has 1 aromatic rings. The molecule has 1 rings (SSSR count). The molecule has 0 radical (unpaired) electrons. The van der Waals surface area contributed by atoms with Crippen molar-refractivity contribution in [2.45, 2.75) is 32.8 Å². The van der Waals surface area contributed by atoms with Crippen LogP contribution in [-0.4, -0.2) is 17.3 Å². The topological polar surface area (TPSA) is 46.2 Å². The Morgan fingerprint density at radius 3 is 2.41 bits per heavy atom. The van der Waals surface area contributed by atoms with Crippen LogP contribution in [0.5, 0.6) is 0 Å². The summed E-state index contributed by atoms with van der Waals surface area (Å²) >= 11 is 3.30. The predicted molar refractivity (Wildman–Crippen MR) is 71.3 cm³/mol. The number of nitrogens with two attached hydrogens (primary N) is 1. The van der Waals surface area contributed by atoms with E-state index in [9.17, 15) is 9.50 Å². The predicted octanol–water partition coefficient (Wildman–Crippen LogP) is 2.87. The lowest BCUT2D eigenvalue weighted by Gasteiger charge is -2.39. The van der Waals surface area contributed by atoms with Gasteiger partial charge in [-0.15, -0.1) is 0 Å². The Morgan fingerprint density at radius 2 is 1.94 bits per heavy atom. The van der Waals surface area contributed by atoms with Gasteiger partial charge in [0, 0.05) is 17.4 Å². The molecule has 0 amide bonds. The highest BCUT2D eigenvalue weighted by Crippen LogP contribution is 2.33. The number of hydrogen-bond donors (Lipinski definition) is 2. The normalized spacial score (nSPS) is 15.7. The molecule has 0 fully saturated rings. The minimum absolute atomic E-state index is 0.0997. The van der Waals surface area contributed by atoms with Gasteiger partial charge in [-0.05, 0) is 29.2 Å². The van der Waals surface area contributed by atoms with Crippen LogP contribution < -0.4 is 5.73 Å². The van der Waals surface area contributed by atoms with Crippen molar-refractivity contribution in [2.24, 2.45) is 11.1 Å². The maximum absolute atomic E-state index is 13.7. The zero-order valence-corrected chi connectivity index (χ0v) is 12.0. The summed E-state index contributed by atoms with van der Waals surface area (Å²) in [6.07, 6.45) is 0.207. The third kappa shape index (κ3) is 3.27. The van der Waals surface area contributed by atoms with Crippen LogP contribution >= 0.6 is 15.9 Å². The molecule has 0 aliphatic heterocycles. The number of rotatable bonds is 3. The molecule has 17 heavy (non-hydrogen) atoms. The molecule has 0 aromatic heterocycles. The molecule has 2 nitrogen and oxygen atoms in total. The van der Waals surface area contributed by atoms with Gasteiger partial charge in [0.1, 0.15) is 5.82 Å². The van der Waals surface area contributed by atoms with Gasteiger partial charge in [0.15, 0.2) is 0 Å². The van der Waals surface area contributed by atoms with Gasteiger partial charge >= 0.3 is 0 Å². The summed E-state index contributed by atoms with van der Waals surface area (Å²) in [6.45, 7) is 5.80. The van der Waals surface area contributed by atoms with Crippen LogP contribution in [0.15, 0.2) is 22.7 Å². The molecule has 0 spiro atoms. The van der Waals surface area contributed by atoms with E-state index in [0.29, 0.717) is 5.56 Å². The Morgan fingerprint density at radius 1 is 1.35 bits per heavy atom. The van der Waals surface area contributed by atoms with Crippen LogP contribution in [0.25, 0.3) is 0 Å². The molecule has 0 heterocycles. The summed E-state index contributed by atoms with van der Waals surface area (Å²) in [4.78, 5) is 0. The Kier molecular flexibility index (Phi) is 4.33. The Bertz CT molecular complexity index is 403. The zero-order chi connectivity index (χ0) is 13.3. The summed E-state index contributed by atoms with van der Waals surface area (Å²) < 4.78 is 14.4. The monoisotopic (exact) mass is 303 g/mol. The molecule has 1 atom stereocenters. The molecule has 1 unspecified atom stereocenters. The fraction of sp³-hybridized carbons (Fsp3) is 0.538. The smallest absolute Gasteiger partial charge is 0.126 e. The summed E-state index contributed by atoms with van der Waals surface area (Å²) in [5.74, 6) is -0.315. The van der Waals surface area contributed by atoms with Gasteiger partial charge in [-0.3, -0.25) is 0 Å². The van der Waals surface area contributed by atoms with E-state index >= 15 is 0 Å². The second-order valence-electron chi connectivity index (χ2n) is 5.40. The van der Waals surface area contributed by atoms with E-state index in [-0.39, 0.29) is 18.8 Å². The Hall–Kier alpha value is -0.450. The average Bonchev–Trinajstić information content (AvgIpc) is 2.21. The highest BCUT2D eigenvalue weighted by molar-refractivity contribution is 9.10. The first-order valence-electron chi connectivity index (χ1n) is 5.56. The van der Waals surface area contributed by atoms with Crippen LogP contribution in [0.3, 0.4) is 0 Å². The van der Waals surface area contributed by atoms with E-state index in [4.69, 9.17) is 5.73 Å². The van der Waals surface area contributed by atoms with E-state index < -0.39 is 11.0 Å². The minimum atomic E-state index is -1.12. The number of hydrogen-bond acceptors (Lipinski definition) is 2. The standard InChI is InChI=1S/C13H19BrFNO/c1-12(2,3)13(17,8-16)7-9-6-10(14)4-5-11(9)15/h4-6,17H,7-8,16H2,1-3H3. The Balaban J connectivity index is 3.07. The van der Waals surface area contributed by atoms with Crippen molar-refractivity contribution in [1.29, 1.82) is 0 Å². The zero-order valence-electron chi connectivity index (χ0n) is 10.4. The van der Waals surface area contributed by atoms with Crippen LogP contribution in [0.2, 0.25) is 0 Å². The molecule has 0 saturated carbocycles. The van der Waals surface area contributed by atoms with Crippen molar-refractivity contribution in [3.05, 3.63) is 34.1 Å². The van der Waals surface area contributed by atoms with Gasteiger partial charge in [0.05, 0.1) is 5.60 Å². The van der Waals surface area contributed by atoms with Gasteiger partial charge < -0.3 is 10.8 Å². The van der Waals surface area contributed by atoms with Crippen molar-refractivity contribution in [1.82, 2.24) is 0 Å². The van der Waals surface area contributed by atoms with E-state index in [0.717, 1.165) is 4.47 Å². The molecule has 1 aromatic carbocycles. The largest absolute Gasteiger partial charge is 0.388 e. The van der Waals surface area contributed by atoms with Gasteiger partial charge in [-0.1, -0.05) is 36.7 Å². The highest BCUT2D eigenvalue weighted by atomic mass is 79.9. The molecule has 4 heteroatoms.